The van der Waals surface area contributed by atoms with Crippen molar-refractivity contribution in [3.8, 4) is 17.7 Å². The fraction of sp³-hybridized carbons (Fsp3) is 0.318. The Morgan fingerprint density at radius 2 is 2.03 bits per heavy atom. The van der Waals surface area contributed by atoms with Crippen LogP contribution in [0, 0.1) is 17.7 Å². The first-order valence-electron chi connectivity index (χ1n) is 9.68. The predicted octanol–water partition coefficient (Wildman–Crippen LogP) is 2.93. The second-order valence-corrected chi connectivity index (χ2v) is 9.77. The van der Waals surface area contributed by atoms with Crippen LogP contribution in [-0.2, 0) is 14.8 Å². The fourth-order valence-corrected chi connectivity index (χ4v) is 4.20. The lowest BCUT2D eigenvalue weighted by Crippen LogP contribution is -2.47. The van der Waals surface area contributed by atoms with Crippen LogP contribution in [0.15, 0.2) is 35.6 Å². The molecule has 0 fully saturated rings. The van der Waals surface area contributed by atoms with Gasteiger partial charge in [0.25, 0.3) is 0 Å². The van der Waals surface area contributed by atoms with E-state index in [0.29, 0.717) is 0 Å². The average molecular weight is 478 g/mol. The highest BCUT2D eigenvalue weighted by atomic mass is 32.2. The van der Waals surface area contributed by atoms with Crippen LogP contribution in [0.1, 0.15) is 37.6 Å². The molecule has 1 heterocycles. The van der Waals surface area contributed by atoms with Crippen molar-refractivity contribution in [2.24, 2.45) is 10.7 Å². The summed E-state index contributed by atoms with van der Waals surface area (Å²) < 4.78 is 59.8. The lowest BCUT2D eigenvalue weighted by molar-refractivity contribution is 0.353. The highest BCUT2D eigenvalue weighted by molar-refractivity contribution is 7.90. The Morgan fingerprint density at radius 3 is 2.61 bits per heavy atom. The quantitative estimate of drug-likeness (QED) is 0.373. The summed E-state index contributed by atoms with van der Waals surface area (Å²) in [5.74, 6) is 3.78. The van der Waals surface area contributed by atoms with Gasteiger partial charge in [0, 0.05) is 19.7 Å². The summed E-state index contributed by atoms with van der Waals surface area (Å²) >= 11 is 0. The molecule has 176 valence electrons. The van der Waals surface area contributed by atoms with Gasteiger partial charge in [-0.25, -0.2) is 31.5 Å². The Kier molecular flexibility index (Phi) is 8.11. The number of aliphatic imine (C=N–C) groups is 1. The van der Waals surface area contributed by atoms with Crippen LogP contribution in [-0.4, -0.2) is 49.4 Å². The van der Waals surface area contributed by atoms with E-state index in [4.69, 9.17) is 10.5 Å². The van der Waals surface area contributed by atoms with Gasteiger partial charge < -0.3 is 10.5 Å². The number of aromatic nitrogens is 2. The van der Waals surface area contributed by atoms with Crippen LogP contribution in [0.25, 0.3) is 11.9 Å². The molecule has 0 atom stereocenters. The molecule has 0 aliphatic heterocycles. The number of rotatable bonds is 7. The third kappa shape index (κ3) is 5.64. The van der Waals surface area contributed by atoms with Crippen molar-refractivity contribution >= 4 is 27.9 Å². The van der Waals surface area contributed by atoms with Gasteiger partial charge in [0.2, 0.25) is 21.9 Å². The molecular weight excluding hydrogens is 452 g/mol. The number of ether oxygens (including phenoxy) is 1. The second-order valence-electron chi connectivity index (χ2n) is 7.25. The van der Waals surface area contributed by atoms with Crippen LogP contribution in [0.4, 0.5) is 8.78 Å². The summed E-state index contributed by atoms with van der Waals surface area (Å²) in [7, 11) is -1.60. The largest absolute Gasteiger partial charge is 0.463 e. The SMILES string of the molecule is CC#CCOc1cnc(/C(F)=C/c2ccc(F)c(C(C)(C)S(=O)(=O)N(C)C(N)=NC)c2)cn1. The van der Waals surface area contributed by atoms with Crippen molar-refractivity contribution in [2.45, 2.75) is 25.5 Å². The number of sulfonamides is 1. The molecule has 0 saturated heterocycles. The molecule has 0 bridgehead atoms. The molecular formula is C22H25F2N5O3S. The smallest absolute Gasteiger partial charge is 0.246 e. The van der Waals surface area contributed by atoms with Crippen molar-refractivity contribution in [2.75, 3.05) is 20.7 Å². The zero-order valence-corrected chi connectivity index (χ0v) is 19.7. The third-order valence-corrected chi connectivity index (χ3v) is 7.25. The highest BCUT2D eigenvalue weighted by Gasteiger charge is 2.42. The molecule has 1 aromatic heterocycles. The predicted molar refractivity (Wildman–Crippen MR) is 124 cm³/mol. The minimum absolute atomic E-state index is 0.0756. The number of nitrogens with two attached hydrogens (primary N) is 1. The zero-order valence-electron chi connectivity index (χ0n) is 18.9. The van der Waals surface area contributed by atoms with Crippen LogP contribution in [0.3, 0.4) is 0 Å². The molecule has 1 aromatic carbocycles. The van der Waals surface area contributed by atoms with Gasteiger partial charge in [0.05, 0.1) is 12.4 Å². The number of hydrogen-bond acceptors (Lipinski definition) is 6. The lowest BCUT2D eigenvalue weighted by atomic mass is 9.99. The topological polar surface area (TPSA) is 111 Å². The molecule has 0 radical (unpaired) electrons. The molecule has 0 saturated carbocycles. The molecule has 11 heteroatoms. The Hall–Kier alpha value is -3.52. The van der Waals surface area contributed by atoms with Crippen LogP contribution in [0.2, 0.25) is 0 Å². The first-order chi connectivity index (χ1) is 15.4. The molecule has 33 heavy (non-hydrogen) atoms. The van der Waals surface area contributed by atoms with Crippen molar-refractivity contribution in [3.63, 3.8) is 0 Å². The molecule has 0 aliphatic rings. The van der Waals surface area contributed by atoms with Crippen LogP contribution in [0.5, 0.6) is 5.88 Å². The number of nitrogens with zero attached hydrogens (tertiary/aromatic N) is 4. The molecule has 2 N–H and O–H groups in total. The summed E-state index contributed by atoms with van der Waals surface area (Å²) in [6.07, 6.45) is 3.53. The van der Waals surface area contributed by atoms with Crippen molar-refractivity contribution in [1.82, 2.24) is 14.3 Å². The van der Waals surface area contributed by atoms with E-state index in [0.717, 1.165) is 16.4 Å². The fourth-order valence-electron chi connectivity index (χ4n) is 2.76. The molecule has 0 unspecified atom stereocenters. The van der Waals surface area contributed by atoms with Gasteiger partial charge >= 0.3 is 0 Å². The molecule has 8 nitrogen and oxygen atoms in total. The molecule has 0 spiro atoms. The Bertz CT molecular complexity index is 1230. The van der Waals surface area contributed by atoms with Gasteiger partial charge in [0.1, 0.15) is 16.3 Å². The summed E-state index contributed by atoms with van der Waals surface area (Å²) in [5.41, 5.74) is 5.63. The summed E-state index contributed by atoms with van der Waals surface area (Å²) in [5, 5.41) is 0. The molecule has 0 amide bonds. The first kappa shape index (κ1) is 25.7. The van der Waals surface area contributed by atoms with E-state index >= 15 is 0 Å². The van der Waals surface area contributed by atoms with Gasteiger partial charge in [-0.2, -0.15) is 0 Å². The summed E-state index contributed by atoms with van der Waals surface area (Å²) in [4.78, 5) is 11.6. The summed E-state index contributed by atoms with van der Waals surface area (Å²) in [6, 6.07) is 3.65. The number of benzene rings is 1. The second kappa shape index (κ2) is 10.4. The molecule has 2 rings (SSSR count). The molecule has 0 aliphatic carbocycles. The van der Waals surface area contributed by atoms with Crippen LogP contribution < -0.4 is 10.5 Å². The van der Waals surface area contributed by atoms with Crippen molar-refractivity contribution in [3.05, 3.63) is 53.2 Å². The van der Waals surface area contributed by atoms with E-state index in [-0.39, 0.29) is 35.3 Å². The first-order valence-corrected chi connectivity index (χ1v) is 11.1. The minimum atomic E-state index is -4.16. The number of halogens is 2. The maximum Gasteiger partial charge on any atom is 0.246 e. The average Bonchev–Trinajstić information content (AvgIpc) is 2.79. The van der Waals surface area contributed by atoms with E-state index in [1.165, 1.54) is 52.5 Å². The van der Waals surface area contributed by atoms with E-state index < -0.39 is 26.4 Å². The Morgan fingerprint density at radius 1 is 1.33 bits per heavy atom. The van der Waals surface area contributed by atoms with E-state index in [1.807, 2.05) is 0 Å². The van der Waals surface area contributed by atoms with Gasteiger partial charge in [0.15, 0.2) is 12.4 Å². The minimum Gasteiger partial charge on any atom is -0.463 e. The van der Waals surface area contributed by atoms with Gasteiger partial charge in [-0.05, 0) is 44.5 Å². The summed E-state index contributed by atoms with van der Waals surface area (Å²) in [6.45, 7) is 4.46. The maximum atomic E-state index is 14.7. The van der Waals surface area contributed by atoms with Crippen molar-refractivity contribution in [1.29, 1.82) is 0 Å². The van der Waals surface area contributed by atoms with Crippen LogP contribution >= 0.6 is 0 Å². The lowest BCUT2D eigenvalue weighted by Gasteiger charge is -2.31. The normalized spacial score (nSPS) is 12.7. The van der Waals surface area contributed by atoms with Gasteiger partial charge in [-0.15, -0.1) is 5.92 Å². The van der Waals surface area contributed by atoms with E-state index in [2.05, 4.69) is 26.8 Å². The standard InChI is InChI=1S/C22H25F2N5O3S/c1-6-7-10-32-20-14-27-19(13-28-20)18(24)12-15-8-9-17(23)16(11-15)22(2,3)33(30,31)29(5)21(25)26-4/h8-9,11-14H,10H2,1-5H3,(H2,25,26)/b18-12-. The highest BCUT2D eigenvalue weighted by Crippen LogP contribution is 2.34. The Balaban J connectivity index is 2.39. The maximum absolute atomic E-state index is 14.7. The molecule has 2 aromatic rings. The number of hydrogen-bond donors (Lipinski definition) is 1. The third-order valence-electron chi connectivity index (χ3n) is 4.83. The van der Waals surface area contributed by atoms with Gasteiger partial charge in [-0.1, -0.05) is 12.0 Å². The van der Waals surface area contributed by atoms with E-state index in [9.17, 15) is 17.2 Å². The Labute approximate surface area is 192 Å². The monoisotopic (exact) mass is 477 g/mol. The zero-order chi connectivity index (χ0) is 24.8. The van der Waals surface area contributed by atoms with Gasteiger partial charge in [-0.3, -0.25) is 4.99 Å². The van der Waals surface area contributed by atoms with Crippen molar-refractivity contribution < 1.29 is 21.9 Å². The number of guanidine groups is 1. The van der Waals surface area contributed by atoms with E-state index in [1.54, 1.807) is 6.92 Å².